The van der Waals surface area contributed by atoms with E-state index in [1.54, 1.807) is 0 Å². The predicted octanol–water partition coefficient (Wildman–Crippen LogP) is 1.98. The van der Waals surface area contributed by atoms with E-state index >= 15 is 0 Å². The lowest BCUT2D eigenvalue weighted by Gasteiger charge is -2.25. The molecule has 0 aromatic heterocycles. The largest absolute Gasteiger partial charge is 0.443 e. The quantitative estimate of drug-likeness (QED) is 0.715. The standard InChI is InChI=1S/C5H12F2O6P2/c1-3-12-15(11,13-4-2)5(6,7)14(8,9)10/h3-4H2,1-2H3,(H2,8,9,10). The summed E-state index contributed by atoms with van der Waals surface area (Å²) in [4.78, 5) is 16.7. The normalized spacial score (nSPS) is 14.3. The van der Waals surface area contributed by atoms with Gasteiger partial charge in [-0.3, -0.25) is 9.13 Å². The van der Waals surface area contributed by atoms with Crippen molar-refractivity contribution in [1.82, 2.24) is 0 Å². The molecule has 0 rings (SSSR count). The van der Waals surface area contributed by atoms with Crippen LogP contribution in [0.15, 0.2) is 0 Å². The third-order valence-corrected chi connectivity index (χ3v) is 5.35. The first-order valence-electron chi connectivity index (χ1n) is 3.95. The summed E-state index contributed by atoms with van der Waals surface area (Å²) >= 11 is 0. The maximum Gasteiger partial charge on any atom is 0.443 e. The van der Waals surface area contributed by atoms with Crippen LogP contribution in [0.25, 0.3) is 0 Å². The molecule has 0 heterocycles. The second-order valence-electron chi connectivity index (χ2n) is 2.39. The van der Waals surface area contributed by atoms with Crippen LogP contribution in [0, 0.1) is 0 Å². The molecular formula is C5H12F2O6P2. The fourth-order valence-electron chi connectivity index (χ4n) is 0.692. The van der Waals surface area contributed by atoms with Crippen LogP contribution >= 0.6 is 15.2 Å². The van der Waals surface area contributed by atoms with Gasteiger partial charge in [0.15, 0.2) is 0 Å². The Morgan fingerprint density at radius 3 is 1.67 bits per heavy atom. The number of rotatable bonds is 6. The third kappa shape index (κ3) is 3.06. The predicted molar refractivity (Wildman–Crippen MR) is 47.8 cm³/mol. The number of alkyl halides is 2. The monoisotopic (exact) mass is 268 g/mol. The maximum absolute atomic E-state index is 13.1. The average Bonchev–Trinajstić information content (AvgIpc) is 2.02. The van der Waals surface area contributed by atoms with Gasteiger partial charge in [-0.05, 0) is 13.8 Å². The summed E-state index contributed by atoms with van der Waals surface area (Å²) in [6, 6.07) is 0. The first kappa shape index (κ1) is 15.2. The first-order chi connectivity index (χ1) is 6.62. The molecular weight excluding hydrogens is 256 g/mol. The Balaban J connectivity index is 5.25. The van der Waals surface area contributed by atoms with Crippen molar-refractivity contribution in [3.05, 3.63) is 0 Å². The van der Waals surface area contributed by atoms with Gasteiger partial charge in [-0.1, -0.05) is 0 Å². The van der Waals surface area contributed by atoms with Gasteiger partial charge in [-0.25, -0.2) is 0 Å². The van der Waals surface area contributed by atoms with Gasteiger partial charge in [-0.15, -0.1) is 0 Å². The van der Waals surface area contributed by atoms with E-state index in [9.17, 15) is 17.9 Å². The molecule has 0 fully saturated rings. The minimum Gasteiger partial charge on any atom is -0.320 e. The summed E-state index contributed by atoms with van der Waals surface area (Å²) in [7, 11) is -11.0. The molecule has 0 aromatic carbocycles. The first-order valence-corrected chi connectivity index (χ1v) is 7.10. The molecule has 0 atom stereocenters. The van der Waals surface area contributed by atoms with Gasteiger partial charge in [0.05, 0.1) is 13.2 Å². The molecule has 0 spiro atoms. The lowest BCUT2D eigenvalue weighted by molar-refractivity contribution is 0.0806. The molecule has 0 aliphatic carbocycles. The summed E-state index contributed by atoms with van der Waals surface area (Å²) in [5, 5.41) is -4.83. The molecule has 0 radical (unpaired) electrons. The van der Waals surface area contributed by atoms with Crippen molar-refractivity contribution in [1.29, 1.82) is 0 Å². The highest BCUT2D eigenvalue weighted by atomic mass is 31.2. The molecule has 0 amide bonds. The molecule has 0 saturated heterocycles. The van der Waals surface area contributed by atoms with Crippen LogP contribution in [0.4, 0.5) is 8.78 Å². The minimum atomic E-state index is -5.90. The van der Waals surface area contributed by atoms with Crippen LogP contribution in [-0.2, 0) is 18.2 Å². The fourth-order valence-corrected chi connectivity index (χ4v) is 3.38. The van der Waals surface area contributed by atoms with Crippen LogP contribution in [0.5, 0.6) is 0 Å². The van der Waals surface area contributed by atoms with E-state index in [-0.39, 0.29) is 0 Å². The van der Waals surface area contributed by atoms with Gasteiger partial charge in [0.25, 0.3) is 0 Å². The topological polar surface area (TPSA) is 93.1 Å². The Bertz CT molecular complexity index is 290. The van der Waals surface area contributed by atoms with Crippen LogP contribution in [0.2, 0.25) is 0 Å². The Hall–Kier alpha value is 0.160. The van der Waals surface area contributed by atoms with Gasteiger partial charge in [0.2, 0.25) is 0 Å². The van der Waals surface area contributed by atoms with Gasteiger partial charge in [-0.2, -0.15) is 8.78 Å². The van der Waals surface area contributed by atoms with Crippen LogP contribution in [0.1, 0.15) is 13.8 Å². The lowest BCUT2D eigenvalue weighted by atomic mass is 10.9. The second kappa shape index (κ2) is 4.99. The SMILES string of the molecule is CCOP(=O)(OCC)C(F)(F)P(=O)(O)O. The highest BCUT2D eigenvalue weighted by Gasteiger charge is 2.66. The van der Waals surface area contributed by atoms with E-state index in [2.05, 4.69) is 9.05 Å². The number of hydrogen-bond acceptors (Lipinski definition) is 4. The van der Waals surface area contributed by atoms with Gasteiger partial charge in [0.1, 0.15) is 0 Å². The zero-order valence-corrected chi connectivity index (χ0v) is 9.88. The lowest BCUT2D eigenvalue weighted by Crippen LogP contribution is -2.20. The van der Waals surface area contributed by atoms with E-state index in [0.717, 1.165) is 0 Å². The molecule has 2 N–H and O–H groups in total. The van der Waals surface area contributed by atoms with Crippen molar-refractivity contribution in [2.45, 2.75) is 19.3 Å². The van der Waals surface area contributed by atoms with Crippen molar-refractivity contribution in [3.8, 4) is 0 Å². The summed E-state index contributed by atoms with van der Waals surface area (Å²) < 4.78 is 56.3. The summed E-state index contributed by atoms with van der Waals surface area (Å²) in [6.07, 6.45) is 0. The zero-order chi connectivity index (χ0) is 12.3. The van der Waals surface area contributed by atoms with Crippen molar-refractivity contribution in [2.75, 3.05) is 13.2 Å². The molecule has 0 aliphatic rings. The highest BCUT2D eigenvalue weighted by molar-refractivity contribution is 7.72. The van der Waals surface area contributed by atoms with Gasteiger partial charge in [0, 0.05) is 0 Å². The number of halogens is 2. The van der Waals surface area contributed by atoms with Crippen molar-refractivity contribution < 1.29 is 36.7 Å². The van der Waals surface area contributed by atoms with Crippen molar-refractivity contribution >= 4 is 15.2 Å². The van der Waals surface area contributed by atoms with Crippen LogP contribution in [-0.4, -0.2) is 28.4 Å². The summed E-state index contributed by atoms with van der Waals surface area (Å²) in [6.45, 7) is 1.68. The molecule has 0 aromatic rings. The van der Waals surface area contributed by atoms with E-state index in [1.807, 2.05) is 0 Å². The van der Waals surface area contributed by atoms with Crippen LogP contribution < -0.4 is 0 Å². The van der Waals surface area contributed by atoms with Crippen molar-refractivity contribution in [2.24, 2.45) is 0 Å². The minimum absolute atomic E-state index is 0.410. The maximum atomic E-state index is 13.1. The molecule has 0 aliphatic heterocycles. The molecule has 6 nitrogen and oxygen atoms in total. The highest BCUT2D eigenvalue weighted by Crippen LogP contribution is 2.75. The van der Waals surface area contributed by atoms with Crippen molar-refractivity contribution in [3.63, 3.8) is 0 Å². The molecule has 15 heavy (non-hydrogen) atoms. The Morgan fingerprint density at radius 1 is 1.13 bits per heavy atom. The average molecular weight is 268 g/mol. The molecule has 0 bridgehead atoms. The summed E-state index contributed by atoms with van der Waals surface area (Å²) in [5.74, 6) is 0. The van der Waals surface area contributed by atoms with E-state index in [0.29, 0.717) is 0 Å². The Morgan fingerprint density at radius 2 is 1.47 bits per heavy atom. The van der Waals surface area contributed by atoms with E-state index < -0.39 is 33.8 Å². The van der Waals surface area contributed by atoms with E-state index in [4.69, 9.17) is 9.79 Å². The number of hydrogen-bond donors (Lipinski definition) is 2. The third-order valence-electron chi connectivity index (χ3n) is 1.28. The molecule has 10 heteroatoms. The molecule has 0 unspecified atom stereocenters. The fraction of sp³-hybridized carbons (Fsp3) is 1.00. The van der Waals surface area contributed by atoms with E-state index in [1.165, 1.54) is 13.8 Å². The van der Waals surface area contributed by atoms with Gasteiger partial charge >= 0.3 is 20.6 Å². The zero-order valence-electron chi connectivity index (χ0n) is 8.09. The van der Waals surface area contributed by atoms with Gasteiger partial charge < -0.3 is 18.8 Å². The smallest absolute Gasteiger partial charge is 0.320 e. The molecule has 92 valence electrons. The second-order valence-corrected chi connectivity index (χ2v) is 6.46. The summed E-state index contributed by atoms with van der Waals surface area (Å²) in [5.41, 5.74) is 0. The van der Waals surface area contributed by atoms with Crippen LogP contribution in [0.3, 0.4) is 0 Å². The Labute approximate surface area is 85.3 Å². The molecule has 0 saturated carbocycles. The Kier molecular flexibility index (Phi) is 5.05.